The third-order valence-electron chi connectivity index (χ3n) is 2.69. The Morgan fingerprint density at radius 1 is 1.35 bits per heavy atom. The van der Waals surface area contributed by atoms with Crippen LogP contribution in [0.2, 0.25) is 0 Å². The van der Waals surface area contributed by atoms with Crippen molar-refractivity contribution in [3.63, 3.8) is 0 Å². The first-order valence-corrected chi connectivity index (χ1v) is 7.57. The van der Waals surface area contributed by atoms with E-state index in [0.717, 1.165) is 11.5 Å². The fourth-order valence-corrected chi connectivity index (χ4v) is 2.34. The first kappa shape index (κ1) is 16.6. The fraction of sp³-hybridized carbons (Fsp3) is 0.571. The molecule has 20 heavy (non-hydrogen) atoms. The van der Waals surface area contributed by atoms with Crippen molar-refractivity contribution in [1.82, 2.24) is 5.32 Å². The van der Waals surface area contributed by atoms with E-state index >= 15 is 0 Å². The molecular weight excluding hydrogens is 276 g/mol. The lowest BCUT2D eigenvalue weighted by atomic mass is 9.85. The van der Waals surface area contributed by atoms with Crippen molar-refractivity contribution in [2.24, 2.45) is 11.1 Å². The van der Waals surface area contributed by atoms with Crippen molar-refractivity contribution in [1.29, 1.82) is 0 Å². The average Bonchev–Trinajstić information content (AvgIpc) is 2.70. The van der Waals surface area contributed by atoms with Crippen LogP contribution in [0, 0.1) is 12.3 Å². The lowest BCUT2D eigenvalue weighted by molar-refractivity contribution is -0.120. The minimum atomic E-state index is -0.420. The van der Waals surface area contributed by atoms with Gasteiger partial charge in [0.2, 0.25) is 11.8 Å². The van der Waals surface area contributed by atoms with Crippen LogP contribution >= 0.6 is 11.8 Å². The SMILES string of the molecule is Cc1ccc([C@H](NC(=O)CSCC(N)=O)C(C)(C)C)o1. The van der Waals surface area contributed by atoms with Crippen molar-refractivity contribution in [2.45, 2.75) is 33.7 Å². The van der Waals surface area contributed by atoms with Crippen LogP contribution in [0.5, 0.6) is 0 Å². The molecule has 2 amide bonds. The Hall–Kier alpha value is -1.43. The second-order valence-electron chi connectivity index (χ2n) is 5.77. The van der Waals surface area contributed by atoms with Crippen LogP contribution < -0.4 is 11.1 Å². The molecule has 112 valence electrons. The van der Waals surface area contributed by atoms with Crippen LogP contribution in [0.25, 0.3) is 0 Å². The summed E-state index contributed by atoms with van der Waals surface area (Å²) in [7, 11) is 0. The molecule has 3 N–H and O–H groups in total. The largest absolute Gasteiger partial charge is 0.464 e. The highest BCUT2D eigenvalue weighted by Gasteiger charge is 2.30. The summed E-state index contributed by atoms with van der Waals surface area (Å²) in [5, 5.41) is 2.95. The van der Waals surface area contributed by atoms with Gasteiger partial charge in [-0.2, -0.15) is 0 Å². The smallest absolute Gasteiger partial charge is 0.230 e. The van der Waals surface area contributed by atoms with E-state index in [9.17, 15) is 9.59 Å². The number of aryl methyl sites for hydroxylation is 1. The fourth-order valence-electron chi connectivity index (χ4n) is 1.77. The molecule has 1 heterocycles. The molecule has 1 aromatic rings. The molecular formula is C14H22N2O3S. The van der Waals surface area contributed by atoms with Gasteiger partial charge in [0.05, 0.1) is 17.5 Å². The van der Waals surface area contributed by atoms with Gasteiger partial charge in [0.1, 0.15) is 11.5 Å². The first-order valence-electron chi connectivity index (χ1n) is 6.42. The first-order chi connectivity index (χ1) is 9.20. The van der Waals surface area contributed by atoms with Crippen molar-refractivity contribution < 1.29 is 14.0 Å². The summed E-state index contributed by atoms with van der Waals surface area (Å²) in [5.41, 5.74) is 4.86. The Labute approximate surface area is 123 Å². The second-order valence-corrected chi connectivity index (χ2v) is 6.76. The Balaban J connectivity index is 2.67. The number of nitrogens with one attached hydrogen (secondary N) is 1. The number of carbonyl (C=O) groups excluding carboxylic acids is 2. The zero-order valence-corrected chi connectivity index (χ0v) is 13.2. The van der Waals surface area contributed by atoms with E-state index in [1.54, 1.807) is 0 Å². The molecule has 0 saturated carbocycles. The van der Waals surface area contributed by atoms with Gasteiger partial charge >= 0.3 is 0 Å². The molecule has 5 nitrogen and oxygen atoms in total. The van der Waals surface area contributed by atoms with Gasteiger partial charge in [0, 0.05) is 0 Å². The zero-order chi connectivity index (χ0) is 15.3. The highest BCUT2D eigenvalue weighted by atomic mass is 32.2. The number of carbonyl (C=O) groups is 2. The van der Waals surface area contributed by atoms with Crippen molar-refractivity contribution >= 4 is 23.6 Å². The minimum Gasteiger partial charge on any atom is -0.464 e. The molecule has 0 radical (unpaired) electrons. The summed E-state index contributed by atoms with van der Waals surface area (Å²) in [4.78, 5) is 22.6. The maximum atomic E-state index is 11.9. The Kier molecular flexibility index (Phi) is 5.68. The van der Waals surface area contributed by atoms with Crippen molar-refractivity contribution in [3.8, 4) is 0 Å². The minimum absolute atomic E-state index is 0.134. The number of furan rings is 1. The number of primary amides is 1. The molecule has 0 fully saturated rings. The topological polar surface area (TPSA) is 85.3 Å². The highest BCUT2D eigenvalue weighted by Crippen LogP contribution is 2.33. The molecule has 6 heteroatoms. The van der Waals surface area contributed by atoms with Gasteiger partial charge in [-0.15, -0.1) is 11.8 Å². The maximum Gasteiger partial charge on any atom is 0.230 e. The molecule has 1 rings (SSSR count). The summed E-state index contributed by atoms with van der Waals surface area (Å²) in [6.45, 7) is 7.97. The van der Waals surface area contributed by atoms with Gasteiger partial charge in [0.25, 0.3) is 0 Å². The highest BCUT2D eigenvalue weighted by molar-refractivity contribution is 8.00. The van der Waals surface area contributed by atoms with Crippen LogP contribution in [0.3, 0.4) is 0 Å². The number of rotatable bonds is 6. The lowest BCUT2D eigenvalue weighted by Gasteiger charge is -2.29. The summed E-state index contributed by atoms with van der Waals surface area (Å²) < 4.78 is 5.62. The average molecular weight is 298 g/mol. The molecule has 0 unspecified atom stereocenters. The molecule has 1 atom stereocenters. The monoisotopic (exact) mass is 298 g/mol. The van der Waals surface area contributed by atoms with E-state index in [2.05, 4.69) is 5.32 Å². The van der Waals surface area contributed by atoms with E-state index in [1.165, 1.54) is 11.8 Å². The molecule has 0 bridgehead atoms. The number of thioether (sulfide) groups is 1. The quantitative estimate of drug-likeness (QED) is 0.841. The summed E-state index contributed by atoms with van der Waals surface area (Å²) in [6.07, 6.45) is 0. The van der Waals surface area contributed by atoms with Crippen LogP contribution in [-0.4, -0.2) is 23.3 Å². The standard InChI is InChI=1S/C14H22N2O3S/c1-9-5-6-10(19-9)13(14(2,3)4)16-12(18)8-20-7-11(15)17/h5-6,13H,7-8H2,1-4H3,(H2,15,17)(H,16,18)/t13-/m0/s1. The zero-order valence-electron chi connectivity index (χ0n) is 12.4. The van der Waals surface area contributed by atoms with Crippen LogP contribution in [0.15, 0.2) is 16.5 Å². The van der Waals surface area contributed by atoms with Gasteiger partial charge in [-0.1, -0.05) is 20.8 Å². The number of hydrogen-bond acceptors (Lipinski definition) is 4. The Bertz CT molecular complexity index is 477. The normalized spacial score (nSPS) is 13.0. The van der Waals surface area contributed by atoms with E-state index in [0.29, 0.717) is 0 Å². The van der Waals surface area contributed by atoms with Gasteiger partial charge in [-0.05, 0) is 24.5 Å². The Morgan fingerprint density at radius 2 is 2.00 bits per heavy atom. The van der Waals surface area contributed by atoms with E-state index in [-0.39, 0.29) is 28.9 Å². The third-order valence-corrected chi connectivity index (χ3v) is 3.65. The van der Waals surface area contributed by atoms with Gasteiger partial charge in [-0.3, -0.25) is 9.59 Å². The predicted molar refractivity (Wildman–Crippen MR) is 80.3 cm³/mol. The summed E-state index contributed by atoms with van der Waals surface area (Å²) in [5.74, 6) is 1.35. The van der Waals surface area contributed by atoms with Gasteiger partial charge < -0.3 is 15.5 Å². The summed E-state index contributed by atoms with van der Waals surface area (Å²) >= 11 is 1.21. The van der Waals surface area contributed by atoms with E-state index < -0.39 is 5.91 Å². The number of amides is 2. The predicted octanol–water partition coefficient (Wildman–Crippen LogP) is 2.01. The molecule has 0 spiro atoms. The van der Waals surface area contributed by atoms with E-state index in [1.807, 2.05) is 39.8 Å². The molecule has 0 aliphatic heterocycles. The van der Waals surface area contributed by atoms with Crippen molar-refractivity contribution in [3.05, 3.63) is 23.7 Å². The number of nitrogens with two attached hydrogens (primary N) is 1. The van der Waals surface area contributed by atoms with Crippen LogP contribution in [0.1, 0.15) is 38.3 Å². The molecule has 0 aliphatic carbocycles. The third kappa shape index (κ3) is 5.28. The lowest BCUT2D eigenvalue weighted by Crippen LogP contribution is -2.37. The second kappa shape index (κ2) is 6.83. The van der Waals surface area contributed by atoms with Gasteiger partial charge in [-0.25, -0.2) is 0 Å². The molecule has 0 aliphatic rings. The summed E-state index contributed by atoms with van der Waals surface area (Å²) in [6, 6.07) is 3.54. The molecule has 0 aromatic carbocycles. The molecule has 0 saturated heterocycles. The number of hydrogen-bond donors (Lipinski definition) is 2. The van der Waals surface area contributed by atoms with Gasteiger partial charge in [0.15, 0.2) is 0 Å². The molecule has 1 aromatic heterocycles. The van der Waals surface area contributed by atoms with Crippen LogP contribution in [0.4, 0.5) is 0 Å². The Morgan fingerprint density at radius 3 is 2.45 bits per heavy atom. The van der Waals surface area contributed by atoms with Crippen molar-refractivity contribution in [2.75, 3.05) is 11.5 Å². The van der Waals surface area contributed by atoms with E-state index in [4.69, 9.17) is 10.2 Å². The van der Waals surface area contributed by atoms with Crippen LogP contribution in [-0.2, 0) is 9.59 Å². The maximum absolute atomic E-state index is 11.9.